The Bertz CT molecular complexity index is 429. The van der Waals surface area contributed by atoms with Crippen molar-refractivity contribution in [1.82, 2.24) is 0 Å². The fourth-order valence-electron chi connectivity index (χ4n) is 1.01. The third-order valence-electron chi connectivity index (χ3n) is 1.74. The summed E-state index contributed by atoms with van der Waals surface area (Å²) in [5.74, 6) is -3.41. The molecule has 0 saturated carbocycles. The monoisotopic (exact) mass is 288 g/mol. The van der Waals surface area contributed by atoms with Gasteiger partial charge in [0.15, 0.2) is 11.6 Å². The van der Waals surface area contributed by atoms with E-state index in [2.05, 4.69) is 4.74 Å². The molecule has 7 heteroatoms. The van der Waals surface area contributed by atoms with Crippen LogP contribution in [0.3, 0.4) is 0 Å². The number of carbonyl (C=O) groups is 1. The molecule has 0 saturated heterocycles. The molecular weight excluding hydrogens is 284 g/mol. The minimum absolute atomic E-state index is 0.335. The van der Waals surface area contributed by atoms with Crippen molar-refractivity contribution in [1.29, 1.82) is 0 Å². The average Bonchev–Trinajstić information content (AvgIpc) is 2.18. The van der Waals surface area contributed by atoms with Crippen molar-refractivity contribution in [3.05, 3.63) is 29.3 Å². The number of ketones is 1. The summed E-state index contributed by atoms with van der Waals surface area (Å²) in [6, 6.07) is 1.33. The maximum absolute atomic E-state index is 13.4. The van der Waals surface area contributed by atoms with Gasteiger partial charge < -0.3 is 4.74 Å². The molecule has 1 aromatic carbocycles. The van der Waals surface area contributed by atoms with Gasteiger partial charge in [-0.1, -0.05) is 34.8 Å². The Morgan fingerprint density at radius 3 is 2.25 bits per heavy atom. The molecule has 0 heterocycles. The van der Waals surface area contributed by atoms with Crippen LogP contribution in [0.1, 0.15) is 10.4 Å². The van der Waals surface area contributed by atoms with E-state index in [9.17, 15) is 13.6 Å². The highest BCUT2D eigenvalue weighted by Crippen LogP contribution is 2.32. The predicted octanol–water partition coefficient (Wildman–Crippen LogP) is 3.53. The number of ether oxygens (including phenoxy) is 1. The number of Topliss-reactive ketones (excluding diaryl/α,β-unsaturated/α-hetero) is 1. The van der Waals surface area contributed by atoms with Crippen LogP contribution in [0.4, 0.5) is 8.78 Å². The Balaban J connectivity index is 3.27. The van der Waals surface area contributed by atoms with Gasteiger partial charge in [-0.2, -0.15) is 0 Å². The van der Waals surface area contributed by atoms with Gasteiger partial charge in [-0.15, -0.1) is 0 Å². The Labute approximate surface area is 105 Å². The van der Waals surface area contributed by atoms with Crippen LogP contribution in [-0.2, 0) is 0 Å². The molecule has 0 atom stereocenters. The molecule has 0 N–H and O–H groups in total. The minimum atomic E-state index is -2.33. The fraction of sp³-hybridized carbons (Fsp3) is 0.222. The number of benzene rings is 1. The van der Waals surface area contributed by atoms with E-state index in [0.29, 0.717) is 12.1 Å². The summed E-state index contributed by atoms with van der Waals surface area (Å²) in [7, 11) is 1.16. The lowest BCUT2D eigenvalue weighted by molar-refractivity contribution is 0.0992. The van der Waals surface area contributed by atoms with Crippen LogP contribution in [0.2, 0.25) is 0 Å². The lowest BCUT2D eigenvalue weighted by Crippen LogP contribution is -2.20. The van der Waals surface area contributed by atoms with Crippen molar-refractivity contribution in [2.45, 2.75) is 3.79 Å². The van der Waals surface area contributed by atoms with E-state index in [0.717, 1.165) is 7.11 Å². The van der Waals surface area contributed by atoms with Crippen molar-refractivity contribution < 1.29 is 18.3 Å². The summed E-state index contributed by atoms with van der Waals surface area (Å²) in [5.41, 5.74) is -0.640. The normalized spacial score (nSPS) is 11.4. The van der Waals surface area contributed by atoms with Crippen LogP contribution in [0.15, 0.2) is 12.1 Å². The quantitative estimate of drug-likeness (QED) is 0.615. The summed E-state index contributed by atoms with van der Waals surface area (Å²) in [4.78, 5) is 11.4. The second-order valence-corrected chi connectivity index (χ2v) is 5.07. The minimum Gasteiger partial charge on any atom is -0.494 e. The van der Waals surface area contributed by atoms with E-state index in [1.165, 1.54) is 0 Å². The third-order valence-corrected chi connectivity index (χ3v) is 2.26. The summed E-state index contributed by atoms with van der Waals surface area (Å²) < 4.78 is 28.7. The first-order chi connectivity index (χ1) is 7.27. The molecule has 0 spiro atoms. The highest BCUT2D eigenvalue weighted by Gasteiger charge is 2.34. The van der Waals surface area contributed by atoms with Crippen LogP contribution >= 0.6 is 34.8 Å². The zero-order valence-corrected chi connectivity index (χ0v) is 10.1. The SMILES string of the molecule is COc1cc(F)c(C(=O)C(Cl)(Cl)Cl)cc1F. The van der Waals surface area contributed by atoms with E-state index in [1.54, 1.807) is 0 Å². The lowest BCUT2D eigenvalue weighted by Gasteiger charge is -2.11. The maximum Gasteiger partial charge on any atom is 0.253 e. The number of alkyl halides is 3. The molecule has 0 aliphatic heterocycles. The Kier molecular flexibility index (Phi) is 3.99. The smallest absolute Gasteiger partial charge is 0.253 e. The van der Waals surface area contributed by atoms with E-state index in [1.807, 2.05) is 0 Å². The van der Waals surface area contributed by atoms with Crippen LogP contribution in [0.5, 0.6) is 5.75 Å². The third kappa shape index (κ3) is 2.75. The number of carbonyl (C=O) groups excluding carboxylic acids is 1. The highest BCUT2D eigenvalue weighted by atomic mass is 35.6. The van der Waals surface area contributed by atoms with Crippen molar-refractivity contribution in [2.24, 2.45) is 0 Å². The largest absolute Gasteiger partial charge is 0.494 e. The molecule has 0 radical (unpaired) electrons. The van der Waals surface area contributed by atoms with Crippen LogP contribution in [-0.4, -0.2) is 16.7 Å². The second kappa shape index (κ2) is 4.73. The average molecular weight is 289 g/mol. The first kappa shape index (κ1) is 13.5. The molecule has 1 rings (SSSR count). The number of methoxy groups -OCH3 is 1. The Morgan fingerprint density at radius 1 is 1.25 bits per heavy atom. The molecule has 1 aromatic rings. The lowest BCUT2D eigenvalue weighted by atomic mass is 10.1. The molecule has 0 bridgehead atoms. The molecule has 2 nitrogen and oxygen atoms in total. The fourth-order valence-corrected chi connectivity index (χ4v) is 1.32. The van der Waals surface area contributed by atoms with Crippen molar-refractivity contribution in [3.8, 4) is 5.75 Å². The highest BCUT2D eigenvalue weighted by molar-refractivity contribution is 6.77. The molecule has 0 aliphatic rings. The molecule has 0 aromatic heterocycles. The molecular formula is C9H5Cl3F2O2. The predicted molar refractivity (Wildman–Crippen MR) is 57.5 cm³/mol. The number of hydrogen-bond donors (Lipinski definition) is 0. The molecule has 0 amide bonds. The number of halogens is 5. The maximum atomic E-state index is 13.4. The molecule has 0 unspecified atom stereocenters. The first-order valence-electron chi connectivity index (χ1n) is 3.92. The van der Waals surface area contributed by atoms with Gasteiger partial charge in [-0.3, -0.25) is 4.79 Å². The zero-order valence-electron chi connectivity index (χ0n) is 7.86. The van der Waals surface area contributed by atoms with Gasteiger partial charge in [0.25, 0.3) is 3.79 Å². The standard InChI is InChI=1S/C9H5Cl3F2O2/c1-16-7-3-5(13)4(2-6(7)14)8(15)9(10,11)12/h2-3H,1H3. The zero-order chi connectivity index (χ0) is 12.5. The second-order valence-electron chi connectivity index (χ2n) is 2.79. The van der Waals surface area contributed by atoms with E-state index < -0.39 is 26.8 Å². The van der Waals surface area contributed by atoms with Crippen LogP contribution in [0.25, 0.3) is 0 Å². The van der Waals surface area contributed by atoms with Gasteiger partial charge >= 0.3 is 0 Å². The first-order valence-corrected chi connectivity index (χ1v) is 5.05. The van der Waals surface area contributed by atoms with Gasteiger partial charge in [0.05, 0.1) is 12.7 Å². The van der Waals surface area contributed by atoms with Crippen molar-refractivity contribution >= 4 is 40.6 Å². The topological polar surface area (TPSA) is 26.3 Å². The van der Waals surface area contributed by atoms with Crippen molar-refractivity contribution in [3.63, 3.8) is 0 Å². The molecule has 88 valence electrons. The summed E-state index contributed by atoms with van der Waals surface area (Å²) in [5, 5.41) is 0. The van der Waals surface area contributed by atoms with Gasteiger partial charge in [0, 0.05) is 6.07 Å². The molecule has 16 heavy (non-hydrogen) atoms. The van der Waals surface area contributed by atoms with Crippen molar-refractivity contribution in [2.75, 3.05) is 7.11 Å². The van der Waals surface area contributed by atoms with Gasteiger partial charge in [-0.25, -0.2) is 8.78 Å². The van der Waals surface area contributed by atoms with E-state index in [4.69, 9.17) is 34.8 Å². The van der Waals surface area contributed by atoms with Crippen LogP contribution in [0, 0.1) is 11.6 Å². The van der Waals surface area contributed by atoms with Gasteiger partial charge in [0.1, 0.15) is 5.82 Å². The summed E-state index contributed by atoms with van der Waals surface area (Å²) in [6.07, 6.45) is 0. The number of rotatable bonds is 2. The van der Waals surface area contributed by atoms with Crippen LogP contribution < -0.4 is 4.74 Å². The Hall–Kier alpha value is -0.580. The molecule has 0 aliphatic carbocycles. The summed E-state index contributed by atoms with van der Waals surface area (Å²) >= 11 is 15.8. The van der Waals surface area contributed by atoms with E-state index in [-0.39, 0.29) is 5.75 Å². The van der Waals surface area contributed by atoms with E-state index >= 15 is 0 Å². The van der Waals surface area contributed by atoms with Gasteiger partial charge in [-0.05, 0) is 6.07 Å². The van der Waals surface area contributed by atoms with Gasteiger partial charge in [0.2, 0.25) is 5.78 Å². The summed E-state index contributed by atoms with van der Waals surface area (Å²) in [6.45, 7) is 0. The Morgan fingerprint density at radius 2 is 1.81 bits per heavy atom. The molecule has 0 fully saturated rings. The number of hydrogen-bond acceptors (Lipinski definition) is 2.